The summed E-state index contributed by atoms with van der Waals surface area (Å²) < 4.78 is 13.6. The molecule has 0 aliphatic heterocycles. The van der Waals surface area contributed by atoms with Gasteiger partial charge in [-0.3, -0.25) is 4.79 Å². The molecule has 21 heavy (non-hydrogen) atoms. The highest BCUT2D eigenvalue weighted by molar-refractivity contribution is 6.31. The van der Waals surface area contributed by atoms with E-state index in [4.69, 9.17) is 16.7 Å². The lowest BCUT2D eigenvalue weighted by molar-refractivity contribution is -0.118. The van der Waals surface area contributed by atoms with E-state index >= 15 is 0 Å². The number of anilines is 2. The largest absolute Gasteiger partial charge is 0.387 e. The average molecular weight is 309 g/mol. The molecule has 110 valence electrons. The maximum Gasteiger partial charge on any atom is 0.250 e. The third-order valence-electron chi connectivity index (χ3n) is 2.82. The molecule has 2 rings (SSSR count). The highest BCUT2D eigenvalue weighted by Gasteiger charge is 2.07. The molecule has 0 aliphatic carbocycles. The van der Waals surface area contributed by atoms with Crippen LogP contribution in [0.15, 0.2) is 42.5 Å². The second-order valence-electron chi connectivity index (χ2n) is 4.34. The Hall–Kier alpha value is -2.11. The zero-order valence-corrected chi connectivity index (χ0v) is 11.8. The highest BCUT2D eigenvalue weighted by atomic mass is 35.5. The molecule has 0 saturated carbocycles. The third kappa shape index (κ3) is 4.18. The lowest BCUT2D eigenvalue weighted by Gasteiger charge is -2.10. The summed E-state index contributed by atoms with van der Waals surface area (Å²) in [5, 5.41) is 14.6. The summed E-state index contributed by atoms with van der Waals surface area (Å²) in [4.78, 5) is 11.1. The number of hydrogen-bond donors (Lipinski definition) is 3. The molecule has 3 N–H and O–H groups in total. The monoisotopic (exact) mass is 308 g/mol. The Morgan fingerprint density at radius 2 is 1.90 bits per heavy atom. The van der Waals surface area contributed by atoms with Gasteiger partial charge in [-0.2, -0.15) is 0 Å². The van der Waals surface area contributed by atoms with Crippen molar-refractivity contribution >= 4 is 28.9 Å². The molecule has 0 heterocycles. The molecule has 2 aromatic carbocycles. The van der Waals surface area contributed by atoms with Gasteiger partial charge in [-0.1, -0.05) is 23.7 Å². The lowest BCUT2D eigenvalue weighted by Crippen LogP contribution is -2.15. The van der Waals surface area contributed by atoms with Gasteiger partial charge in [0.1, 0.15) is 12.4 Å². The number of carbonyl (C=O) groups is 1. The quantitative estimate of drug-likeness (QED) is 0.795. The zero-order chi connectivity index (χ0) is 15.2. The molecule has 0 atom stereocenters. The minimum Gasteiger partial charge on any atom is -0.387 e. The SMILES string of the molecule is O=C(CO)Nc1cccc(NCc2c(F)cccc2Cl)c1. The van der Waals surface area contributed by atoms with Crippen LogP contribution in [0, 0.1) is 5.82 Å². The Morgan fingerprint density at radius 1 is 1.19 bits per heavy atom. The highest BCUT2D eigenvalue weighted by Crippen LogP contribution is 2.21. The van der Waals surface area contributed by atoms with Crippen molar-refractivity contribution in [3.63, 3.8) is 0 Å². The lowest BCUT2D eigenvalue weighted by atomic mass is 10.2. The molecule has 2 aromatic rings. The van der Waals surface area contributed by atoms with E-state index in [-0.39, 0.29) is 12.4 Å². The molecule has 1 amide bonds. The van der Waals surface area contributed by atoms with Crippen LogP contribution in [-0.4, -0.2) is 17.6 Å². The summed E-state index contributed by atoms with van der Waals surface area (Å²) in [5.74, 6) is -0.871. The van der Waals surface area contributed by atoms with E-state index < -0.39 is 12.5 Å². The number of hydrogen-bond acceptors (Lipinski definition) is 3. The van der Waals surface area contributed by atoms with Crippen molar-refractivity contribution in [3.8, 4) is 0 Å². The molecular formula is C15H14ClFN2O2. The second kappa shape index (κ2) is 7.06. The van der Waals surface area contributed by atoms with E-state index in [2.05, 4.69) is 10.6 Å². The minimum absolute atomic E-state index is 0.225. The van der Waals surface area contributed by atoms with Gasteiger partial charge in [0.05, 0.1) is 0 Å². The van der Waals surface area contributed by atoms with Gasteiger partial charge in [-0.25, -0.2) is 4.39 Å². The van der Waals surface area contributed by atoms with E-state index in [1.807, 2.05) is 0 Å². The number of amides is 1. The van der Waals surface area contributed by atoms with Gasteiger partial charge in [-0.15, -0.1) is 0 Å². The van der Waals surface area contributed by atoms with Crippen molar-refractivity contribution in [1.82, 2.24) is 0 Å². The van der Waals surface area contributed by atoms with Gasteiger partial charge in [0.15, 0.2) is 0 Å². The number of rotatable bonds is 5. The molecule has 0 radical (unpaired) electrons. The summed E-state index contributed by atoms with van der Waals surface area (Å²) in [6, 6.07) is 11.4. The molecule has 4 nitrogen and oxygen atoms in total. The maximum absolute atomic E-state index is 13.6. The number of halogens is 2. The molecule has 0 aliphatic rings. The van der Waals surface area contributed by atoms with Crippen molar-refractivity contribution in [3.05, 3.63) is 58.9 Å². The van der Waals surface area contributed by atoms with Gasteiger partial charge >= 0.3 is 0 Å². The van der Waals surface area contributed by atoms with Gasteiger partial charge in [0.2, 0.25) is 5.91 Å². The van der Waals surface area contributed by atoms with Crippen LogP contribution in [-0.2, 0) is 11.3 Å². The van der Waals surface area contributed by atoms with Crippen LogP contribution in [0.4, 0.5) is 15.8 Å². The van der Waals surface area contributed by atoms with Crippen molar-refractivity contribution in [2.24, 2.45) is 0 Å². The summed E-state index contributed by atoms with van der Waals surface area (Å²) in [6.07, 6.45) is 0. The van der Waals surface area contributed by atoms with Crippen LogP contribution in [0.25, 0.3) is 0 Å². The third-order valence-corrected chi connectivity index (χ3v) is 3.18. The van der Waals surface area contributed by atoms with E-state index in [1.54, 1.807) is 36.4 Å². The number of nitrogens with one attached hydrogen (secondary N) is 2. The number of carbonyl (C=O) groups excluding carboxylic acids is 1. The maximum atomic E-state index is 13.6. The Kier molecular flexibility index (Phi) is 5.14. The fourth-order valence-corrected chi connectivity index (χ4v) is 2.03. The van der Waals surface area contributed by atoms with Gasteiger partial charge in [0, 0.05) is 28.5 Å². The van der Waals surface area contributed by atoms with Crippen LogP contribution in [0.5, 0.6) is 0 Å². The Labute approximate surface area is 126 Å². The molecule has 0 aromatic heterocycles. The van der Waals surface area contributed by atoms with Crippen LogP contribution in [0.1, 0.15) is 5.56 Å². The standard InChI is InChI=1S/C15H14ClFN2O2/c16-13-5-2-6-14(17)12(13)8-18-10-3-1-4-11(7-10)19-15(21)9-20/h1-7,18,20H,8-9H2,(H,19,21). The summed E-state index contributed by atoms with van der Waals surface area (Å²) >= 11 is 5.95. The van der Waals surface area contributed by atoms with Crippen LogP contribution >= 0.6 is 11.6 Å². The summed E-state index contributed by atoms with van der Waals surface area (Å²) in [5.41, 5.74) is 1.62. The number of aliphatic hydroxyl groups is 1. The summed E-state index contributed by atoms with van der Waals surface area (Å²) in [7, 11) is 0. The molecule has 0 unspecified atom stereocenters. The molecule has 0 fully saturated rings. The first kappa shape index (κ1) is 15.3. The molecular weight excluding hydrogens is 295 g/mol. The molecule has 0 spiro atoms. The van der Waals surface area contributed by atoms with Crippen molar-refractivity contribution in [2.75, 3.05) is 17.2 Å². The number of benzene rings is 2. The predicted octanol–water partition coefficient (Wildman–Crippen LogP) is 3.02. The first-order valence-electron chi connectivity index (χ1n) is 6.27. The normalized spacial score (nSPS) is 10.2. The molecule has 0 saturated heterocycles. The Bertz CT molecular complexity index is 629. The van der Waals surface area contributed by atoms with Gasteiger partial charge < -0.3 is 15.7 Å². The Balaban J connectivity index is 2.07. The zero-order valence-electron chi connectivity index (χ0n) is 11.1. The molecule has 6 heteroatoms. The summed E-state index contributed by atoms with van der Waals surface area (Å²) in [6.45, 7) is -0.356. The van der Waals surface area contributed by atoms with Crippen LogP contribution < -0.4 is 10.6 Å². The second-order valence-corrected chi connectivity index (χ2v) is 4.75. The topological polar surface area (TPSA) is 61.4 Å². The van der Waals surface area contributed by atoms with Crippen molar-refractivity contribution < 1.29 is 14.3 Å². The average Bonchev–Trinajstić information content (AvgIpc) is 2.47. The molecule has 0 bridgehead atoms. The van der Waals surface area contributed by atoms with Gasteiger partial charge in [0.25, 0.3) is 0 Å². The number of aliphatic hydroxyl groups excluding tert-OH is 1. The van der Waals surface area contributed by atoms with E-state index in [9.17, 15) is 9.18 Å². The first-order valence-corrected chi connectivity index (χ1v) is 6.65. The Morgan fingerprint density at radius 3 is 2.62 bits per heavy atom. The minimum atomic E-state index is -0.581. The van der Waals surface area contributed by atoms with E-state index in [1.165, 1.54) is 6.07 Å². The van der Waals surface area contributed by atoms with E-state index in [0.717, 1.165) is 0 Å². The smallest absolute Gasteiger partial charge is 0.250 e. The van der Waals surface area contributed by atoms with E-state index in [0.29, 0.717) is 22.0 Å². The fourth-order valence-electron chi connectivity index (χ4n) is 1.80. The van der Waals surface area contributed by atoms with Crippen molar-refractivity contribution in [2.45, 2.75) is 6.54 Å². The fraction of sp³-hybridized carbons (Fsp3) is 0.133. The van der Waals surface area contributed by atoms with Gasteiger partial charge in [-0.05, 0) is 30.3 Å². The van der Waals surface area contributed by atoms with Crippen LogP contribution in [0.3, 0.4) is 0 Å². The van der Waals surface area contributed by atoms with Crippen molar-refractivity contribution in [1.29, 1.82) is 0 Å². The predicted molar refractivity (Wildman–Crippen MR) is 80.9 cm³/mol. The first-order chi connectivity index (χ1) is 10.1. The van der Waals surface area contributed by atoms with Crippen LogP contribution in [0.2, 0.25) is 5.02 Å².